The third kappa shape index (κ3) is 3.38. The molecule has 0 radical (unpaired) electrons. The van der Waals surface area contributed by atoms with E-state index in [-0.39, 0.29) is 6.42 Å². The van der Waals surface area contributed by atoms with Crippen LogP contribution in [0.15, 0.2) is 60.7 Å². The van der Waals surface area contributed by atoms with Gasteiger partial charge in [0.25, 0.3) is 0 Å². The van der Waals surface area contributed by atoms with Gasteiger partial charge in [-0.3, -0.25) is 14.4 Å². The molecule has 1 aliphatic rings. The van der Waals surface area contributed by atoms with Gasteiger partial charge < -0.3 is 14.2 Å². The molecule has 0 aromatic heterocycles. The van der Waals surface area contributed by atoms with Gasteiger partial charge in [-0.25, -0.2) is 0 Å². The first-order valence-corrected chi connectivity index (χ1v) is 9.01. The average Bonchev–Trinajstić information content (AvgIpc) is 2.72. The molecule has 0 N–H and O–H groups in total. The number of hydrogen-bond acceptors (Lipinski definition) is 6. The molecule has 2 aromatic carbocycles. The summed E-state index contributed by atoms with van der Waals surface area (Å²) in [5.74, 6) is -3.12. The van der Waals surface area contributed by atoms with Crippen LogP contribution < -0.4 is 0 Å². The molecule has 0 heterocycles. The zero-order valence-corrected chi connectivity index (χ0v) is 15.8. The lowest BCUT2D eigenvalue weighted by molar-refractivity contribution is -0.193. The number of rotatable bonds is 6. The maximum Gasteiger partial charge on any atom is 0.324 e. The number of methoxy groups -OCH3 is 2. The Labute approximate surface area is 163 Å². The molecule has 1 fully saturated rings. The van der Waals surface area contributed by atoms with Crippen molar-refractivity contribution in [2.75, 3.05) is 14.2 Å². The van der Waals surface area contributed by atoms with Gasteiger partial charge in [-0.05, 0) is 24.0 Å². The molecule has 2 aromatic rings. The molecule has 3 rings (SSSR count). The largest absolute Gasteiger partial charge is 0.468 e. The van der Waals surface area contributed by atoms with E-state index in [1.165, 1.54) is 14.2 Å². The number of benzene rings is 2. The quantitative estimate of drug-likeness (QED) is 0.434. The molecule has 0 amide bonds. The predicted molar refractivity (Wildman–Crippen MR) is 100 cm³/mol. The molecule has 1 unspecified atom stereocenters. The molecule has 1 aliphatic carbocycles. The summed E-state index contributed by atoms with van der Waals surface area (Å²) in [7, 11) is 2.37. The molecular weight excluding hydrogens is 360 g/mol. The van der Waals surface area contributed by atoms with Crippen LogP contribution in [-0.4, -0.2) is 32.1 Å². The molecule has 28 heavy (non-hydrogen) atoms. The fourth-order valence-corrected chi connectivity index (χ4v) is 3.62. The number of carbonyl (C=O) groups is 3. The van der Waals surface area contributed by atoms with E-state index in [4.69, 9.17) is 14.2 Å². The van der Waals surface area contributed by atoms with Gasteiger partial charge in [0.05, 0.1) is 20.1 Å². The van der Waals surface area contributed by atoms with Gasteiger partial charge in [0.15, 0.2) is 11.5 Å². The highest BCUT2D eigenvalue weighted by molar-refractivity contribution is 6.05. The van der Waals surface area contributed by atoms with Gasteiger partial charge in [-0.2, -0.15) is 0 Å². The Hall–Kier alpha value is -3.15. The van der Waals surface area contributed by atoms with Crippen molar-refractivity contribution in [3.63, 3.8) is 0 Å². The molecule has 0 aliphatic heterocycles. The number of esters is 3. The first-order valence-electron chi connectivity index (χ1n) is 9.01. The Bertz CT molecular complexity index is 790. The number of hydrogen-bond donors (Lipinski definition) is 0. The van der Waals surface area contributed by atoms with Gasteiger partial charge in [0.2, 0.25) is 0 Å². The Morgan fingerprint density at radius 1 is 0.857 bits per heavy atom. The molecular formula is C22H22O6. The van der Waals surface area contributed by atoms with Crippen LogP contribution in [0.2, 0.25) is 0 Å². The van der Waals surface area contributed by atoms with E-state index in [0.29, 0.717) is 6.42 Å². The van der Waals surface area contributed by atoms with Gasteiger partial charge in [-0.15, -0.1) is 0 Å². The third-order valence-electron chi connectivity index (χ3n) is 5.24. The lowest BCUT2D eigenvalue weighted by Crippen LogP contribution is -2.57. The average molecular weight is 382 g/mol. The van der Waals surface area contributed by atoms with E-state index < -0.39 is 35.3 Å². The Kier molecular flexibility index (Phi) is 5.78. The smallest absolute Gasteiger partial charge is 0.324 e. The lowest BCUT2D eigenvalue weighted by atomic mass is 9.59. The number of carbonyl (C=O) groups excluding carboxylic acids is 3. The minimum Gasteiger partial charge on any atom is -0.468 e. The van der Waals surface area contributed by atoms with Crippen LogP contribution in [0.1, 0.15) is 30.1 Å². The molecule has 0 saturated heterocycles. The standard InChI is InChI=1S/C22H22O6/c1-26-20(24)22(21(25)27-2)14-13-17(22)19(23)28-18(15-9-5-3-6-10-15)16-11-7-4-8-12-16/h3-12,17-18H,13-14H2,1-2H3. The molecule has 0 spiro atoms. The second-order valence-corrected chi connectivity index (χ2v) is 6.68. The van der Waals surface area contributed by atoms with E-state index in [1.807, 2.05) is 60.7 Å². The summed E-state index contributed by atoms with van der Waals surface area (Å²) < 4.78 is 15.4. The monoisotopic (exact) mass is 382 g/mol. The van der Waals surface area contributed by atoms with Crippen molar-refractivity contribution in [3.8, 4) is 0 Å². The highest BCUT2D eigenvalue weighted by atomic mass is 16.6. The summed E-state index contributed by atoms with van der Waals surface area (Å²) in [6.07, 6.45) is -0.115. The summed E-state index contributed by atoms with van der Waals surface area (Å²) in [6.45, 7) is 0. The minimum atomic E-state index is -1.64. The van der Waals surface area contributed by atoms with Crippen LogP contribution in [0.25, 0.3) is 0 Å². The first-order chi connectivity index (χ1) is 13.5. The molecule has 1 atom stereocenters. The zero-order chi connectivity index (χ0) is 20.1. The summed E-state index contributed by atoms with van der Waals surface area (Å²) >= 11 is 0. The van der Waals surface area contributed by atoms with Crippen LogP contribution in [0, 0.1) is 11.3 Å². The van der Waals surface area contributed by atoms with E-state index in [2.05, 4.69) is 0 Å². The Morgan fingerprint density at radius 2 is 1.32 bits per heavy atom. The SMILES string of the molecule is COC(=O)C1(C(=O)OC)CCC1C(=O)OC(c1ccccc1)c1ccccc1. The fourth-order valence-electron chi connectivity index (χ4n) is 3.62. The van der Waals surface area contributed by atoms with Crippen LogP contribution in [0.3, 0.4) is 0 Å². The van der Waals surface area contributed by atoms with Crippen LogP contribution in [0.5, 0.6) is 0 Å². The maximum absolute atomic E-state index is 13.0. The molecule has 6 nitrogen and oxygen atoms in total. The molecule has 0 bridgehead atoms. The van der Waals surface area contributed by atoms with Crippen molar-refractivity contribution in [1.29, 1.82) is 0 Å². The van der Waals surface area contributed by atoms with E-state index in [9.17, 15) is 14.4 Å². The summed E-state index contributed by atoms with van der Waals surface area (Å²) in [5.41, 5.74) is -0.0513. The summed E-state index contributed by atoms with van der Waals surface area (Å²) in [6, 6.07) is 18.6. The van der Waals surface area contributed by atoms with Gasteiger partial charge >= 0.3 is 17.9 Å². The van der Waals surface area contributed by atoms with Crippen molar-refractivity contribution in [3.05, 3.63) is 71.8 Å². The highest BCUT2D eigenvalue weighted by Crippen LogP contribution is 2.50. The predicted octanol–water partition coefficient (Wildman–Crippen LogP) is 3.06. The van der Waals surface area contributed by atoms with E-state index in [1.54, 1.807) is 0 Å². The van der Waals surface area contributed by atoms with Crippen molar-refractivity contribution in [2.45, 2.75) is 18.9 Å². The minimum absolute atomic E-state index is 0.188. The van der Waals surface area contributed by atoms with Gasteiger partial charge in [-0.1, -0.05) is 60.7 Å². The lowest BCUT2D eigenvalue weighted by Gasteiger charge is -2.42. The van der Waals surface area contributed by atoms with E-state index in [0.717, 1.165) is 11.1 Å². The molecule has 146 valence electrons. The second kappa shape index (κ2) is 8.25. The topological polar surface area (TPSA) is 78.9 Å². The molecule has 1 saturated carbocycles. The Morgan fingerprint density at radius 3 is 1.68 bits per heavy atom. The molecule has 6 heteroatoms. The van der Waals surface area contributed by atoms with Crippen molar-refractivity contribution in [2.24, 2.45) is 11.3 Å². The third-order valence-corrected chi connectivity index (χ3v) is 5.24. The first kappa shape index (κ1) is 19.6. The summed E-state index contributed by atoms with van der Waals surface area (Å²) in [4.78, 5) is 37.7. The number of ether oxygens (including phenoxy) is 3. The zero-order valence-electron chi connectivity index (χ0n) is 15.8. The highest BCUT2D eigenvalue weighted by Gasteiger charge is 2.64. The maximum atomic E-state index is 13.0. The van der Waals surface area contributed by atoms with Crippen molar-refractivity contribution >= 4 is 17.9 Å². The summed E-state index contributed by atoms with van der Waals surface area (Å²) in [5, 5.41) is 0. The van der Waals surface area contributed by atoms with Crippen molar-refractivity contribution in [1.82, 2.24) is 0 Å². The van der Waals surface area contributed by atoms with E-state index >= 15 is 0 Å². The Balaban J connectivity index is 1.90. The van der Waals surface area contributed by atoms with Gasteiger partial charge in [0.1, 0.15) is 0 Å². The van der Waals surface area contributed by atoms with Gasteiger partial charge in [0, 0.05) is 0 Å². The van der Waals surface area contributed by atoms with Crippen LogP contribution >= 0.6 is 0 Å². The normalized spacial score (nSPS) is 17.3. The second-order valence-electron chi connectivity index (χ2n) is 6.68. The van der Waals surface area contributed by atoms with Crippen molar-refractivity contribution < 1.29 is 28.6 Å². The van der Waals surface area contributed by atoms with Crippen LogP contribution in [0.4, 0.5) is 0 Å². The van der Waals surface area contributed by atoms with Crippen LogP contribution in [-0.2, 0) is 28.6 Å². The fraction of sp³-hybridized carbons (Fsp3) is 0.318.